The molecule has 2 aromatic carbocycles. The van der Waals surface area contributed by atoms with E-state index in [0.717, 1.165) is 5.56 Å². The summed E-state index contributed by atoms with van der Waals surface area (Å²) in [5, 5.41) is 19.0. The van der Waals surface area contributed by atoms with Crippen molar-refractivity contribution in [1.29, 1.82) is 0 Å². The first kappa shape index (κ1) is 17.2. The van der Waals surface area contributed by atoms with Gasteiger partial charge in [0.1, 0.15) is 0 Å². The highest BCUT2D eigenvalue weighted by atomic mass is 16.6. The molecule has 3 rings (SSSR count). The van der Waals surface area contributed by atoms with Crippen LogP contribution in [0.15, 0.2) is 60.7 Å². The first-order chi connectivity index (χ1) is 12.6. The van der Waals surface area contributed by atoms with Gasteiger partial charge in [0.25, 0.3) is 5.69 Å². The number of benzene rings is 2. The van der Waals surface area contributed by atoms with Gasteiger partial charge in [0.15, 0.2) is 5.69 Å². The number of non-ortho nitro benzene ring substituents is 1. The second-order valence-corrected chi connectivity index (χ2v) is 5.38. The quantitative estimate of drug-likeness (QED) is 0.394. The SMILES string of the molecule is CCOC(=O)c1nnc(-c2ccccc2)cc1-c1ccc([N+](=O)[O-])cc1. The number of aromatic nitrogens is 2. The molecule has 26 heavy (non-hydrogen) atoms. The molecule has 0 saturated heterocycles. The number of carbonyl (C=O) groups excluding carboxylic acids is 1. The third-order valence-electron chi connectivity index (χ3n) is 3.72. The average molecular weight is 349 g/mol. The van der Waals surface area contributed by atoms with Crippen molar-refractivity contribution in [3.63, 3.8) is 0 Å². The number of hydrogen-bond acceptors (Lipinski definition) is 6. The molecule has 7 heteroatoms. The molecular formula is C19H15N3O4. The van der Waals surface area contributed by atoms with Gasteiger partial charge in [-0.3, -0.25) is 10.1 Å². The molecule has 0 aliphatic rings. The average Bonchev–Trinajstić information content (AvgIpc) is 2.68. The van der Waals surface area contributed by atoms with Crippen LogP contribution in [0.25, 0.3) is 22.4 Å². The van der Waals surface area contributed by atoms with E-state index in [4.69, 9.17) is 4.74 Å². The van der Waals surface area contributed by atoms with Crippen LogP contribution >= 0.6 is 0 Å². The van der Waals surface area contributed by atoms with Crippen LogP contribution in [-0.2, 0) is 4.74 Å². The van der Waals surface area contributed by atoms with Gasteiger partial charge < -0.3 is 4.74 Å². The van der Waals surface area contributed by atoms with Crippen LogP contribution in [0.3, 0.4) is 0 Å². The van der Waals surface area contributed by atoms with Gasteiger partial charge in [-0.2, -0.15) is 0 Å². The molecule has 0 N–H and O–H groups in total. The number of rotatable bonds is 5. The van der Waals surface area contributed by atoms with E-state index in [1.165, 1.54) is 12.1 Å². The molecule has 0 bridgehead atoms. The molecule has 0 radical (unpaired) electrons. The molecule has 0 aliphatic heterocycles. The summed E-state index contributed by atoms with van der Waals surface area (Å²) in [7, 11) is 0. The summed E-state index contributed by atoms with van der Waals surface area (Å²) in [6.07, 6.45) is 0. The molecule has 0 fully saturated rings. The van der Waals surface area contributed by atoms with Gasteiger partial charge in [0.05, 0.1) is 17.2 Å². The minimum Gasteiger partial charge on any atom is -0.461 e. The first-order valence-electron chi connectivity index (χ1n) is 7.95. The molecule has 3 aromatic rings. The van der Waals surface area contributed by atoms with Gasteiger partial charge in [-0.05, 0) is 30.7 Å². The number of ether oxygens (including phenoxy) is 1. The zero-order valence-corrected chi connectivity index (χ0v) is 14.0. The van der Waals surface area contributed by atoms with Gasteiger partial charge in [0.2, 0.25) is 0 Å². The van der Waals surface area contributed by atoms with Gasteiger partial charge >= 0.3 is 5.97 Å². The topological polar surface area (TPSA) is 95.2 Å². The Hall–Kier alpha value is -3.61. The second-order valence-electron chi connectivity index (χ2n) is 5.38. The number of esters is 1. The van der Waals surface area contributed by atoms with Crippen LogP contribution in [0, 0.1) is 10.1 Å². The van der Waals surface area contributed by atoms with Crippen LogP contribution < -0.4 is 0 Å². The Morgan fingerprint density at radius 2 is 1.73 bits per heavy atom. The molecule has 0 aliphatic carbocycles. The fraction of sp³-hybridized carbons (Fsp3) is 0.105. The lowest BCUT2D eigenvalue weighted by Crippen LogP contribution is -2.10. The summed E-state index contributed by atoms with van der Waals surface area (Å²) >= 11 is 0. The zero-order chi connectivity index (χ0) is 18.5. The van der Waals surface area contributed by atoms with Gasteiger partial charge in [0, 0.05) is 23.3 Å². The minimum absolute atomic E-state index is 0.0308. The maximum Gasteiger partial charge on any atom is 0.359 e. The molecule has 0 unspecified atom stereocenters. The number of carbonyl (C=O) groups is 1. The van der Waals surface area contributed by atoms with Gasteiger partial charge in [-0.25, -0.2) is 4.79 Å². The first-order valence-corrected chi connectivity index (χ1v) is 7.95. The molecule has 7 nitrogen and oxygen atoms in total. The minimum atomic E-state index is -0.590. The van der Waals surface area contributed by atoms with Crippen LogP contribution in [0.4, 0.5) is 5.69 Å². The fourth-order valence-corrected chi connectivity index (χ4v) is 2.47. The van der Waals surface area contributed by atoms with E-state index in [2.05, 4.69) is 10.2 Å². The Morgan fingerprint density at radius 1 is 1.04 bits per heavy atom. The Labute approximate surface area is 149 Å². The molecule has 1 heterocycles. The van der Waals surface area contributed by atoms with E-state index >= 15 is 0 Å². The molecule has 130 valence electrons. The summed E-state index contributed by atoms with van der Waals surface area (Å²) < 4.78 is 5.05. The number of hydrogen-bond donors (Lipinski definition) is 0. The van der Waals surface area contributed by atoms with Crippen LogP contribution in [0.5, 0.6) is 0 Å². The smallest absolute Gasteiger partial charge is 0.359 e. The lowest BCUT2D eigenvalue weighted by atomic mass is 10.0. The largest absolute Gasteiger partial charge is 0.461 e. The summed E-state index contributed by atoms with van der Waals surface area (Å²) in [6, 6.07) is 17.1. The predicted molar refractivity (Wildman–Crippen MR) is 95.5 cm³/mol. The monoisotopic (exact) mass is 349 g/mol. The van der Waals surface area contributed by atoms with Gasteiger partial charge in [-0.15, -0.1) is 10.2 Å². The van der Waals surface area contributed by atoms with Crippen molar-refractivity contribution in [3.8, 4) is 22.4 Å². The Balaban J connectivity index is 2.12. The Bertz CT molecular complexity index is 941. The molecule has 0 amide bonds. The predicted octanol–water partition coefficient (Wildman–Crippen LogP) is 3.90. The fourth-order valence-electron chi connectivity index (χ4n) is 2.47. The molecule has 0 spiro atoms. The van der Waals surface area contributed by atoms with Crippen molar-refractivity contribution in [2.24, 2.45) is 0 Å². The van der Waals surface area contributed by atoms with Crippen molar-refractivity contribution in [2.45, 2.75) is 6.92 Å². The van der Waals surface area contributed by atoms with Crippen LogP contribution in [0.1, 0.15) is 17.4 Å². The zero-order valence-electron chi connectivity index (χ0n) is 14.0. The summed E-state index contributed by atoms with van der Waals surface area (Å²) in [6.45, 7) is 1.91. The lowest BCUT2D eigenvalue weighted by Gasteiger charge is -2.10. The third-order valence-corrected chi connectivity index (χ3v) is 3.72. The van der Waals surface area contributed by atoms with E-state index in [0.29, 0.717) is 16.8 Å². The Morgan fingerprint density at radius 3 is 2.35 bits per heavy atom. The molecule has 0 saturated carbocycles. The summed E-state index contributed by atoms with van der Waals surface area (Å²) in [5.74, 6) is -0.590. The molecular weight excluding hydrogens is 334 g/mol. The van der Waals surface area contributed by atoms with Crippen molar-refractivity contribution in [3.05, 3.63) is 76.5 Å². The lowest BCUT2D eigenvalue weighted by molar-refractivity contribution is -0.384. The van der Waals surface area contributed by atoms with E-state index in [1.807, 2.05) is 30.3 Å². The van der Waals surface area contributed by atoms with Crippen LogP contribution in [-0.4, -0.2) is 27.7 Å². The highest BCUT2D eigenvalue weighted by Gasteiger charge is 2.19. The molecule has 0 atom stereocenters. The maximum atomic E-state index is 12.2. The van der Waals surface area contributed by atoms with Crippen molar-refractivity contribution in [2.75, 3.05) is 6.61 Å². The van der Waals surface area contributed by atoms with Crippen molar-refractivity contribution >= 4 is 11.7 Å². The number of nitrogens with zero attached hydrogens (tertiary/aromatic N) is 3. The summed E-state index contributed by atoms with van der Waals surface area (Å²) in [5.41, 5.74) is 2.60. The van der Waals surface area contributed by atoms with Gasteiger partial charge in [-0.1, -0.05) is 30.3 Å². The standard InChI is InChI=1S/C19H15N3O4/c1-2-26-19(23)18-16(13-8-10-15(11-9-13)22(24)25)12-17(20-21-18)14-6-4-3-5-7-14/h3-12H,2H2,1H3. The second kappa shape index (κ2) is 7.52. The normalized spacial score (nSPS) is 10.3. The van der Waals surface area contributed by atoms with Crippen molar-refractivity contribution in [1.82, 2.24) is 10.2 Å². The third kappa shape index (κ3) is 3.56. The Kier molecular flexibility index (Phi) is 4.98. The maximum absolute atomic E-state index is 12.2. The van der Waals surface area contributed by atoms with Crippen LogP contribution in [0.2, 0.25) is 0 Å². The van der Waals surface area contributed by atoms with E-state index in [-0.39, 0.29) is 18.0 Å². The number of nitro groups is 1. The van der Waals surface area contributed by atoms with E-state index in [1.54, 1.807) is 25.1 Å². The van der Waals surface area contributed by atoms with E-state index < -0.39 is 10.9 Å². The van der Waals surface area contributed by atoms with Crippen molar-refractivity contribution < 1.29 is 14.5 Å². The number of nitro benzene ring substituents is 1. The highest BCUT2D eigenvalue weighted by Crippen LogP contribution is 2.28. The molecule has 1 aromatic heterocycles. The van der Waals surface area contributed by atoms with E-state index in [9.17, 15) is 14.9 Å². The summed E-state index contributed by atoms with van der Waals surface area (Å²) in [4.78, 5) is 22.6. The highest BCUT2D eigenvalue weighted by molar-refractivity contribution is 5.95.